The fourth-order valence-corrected chi connectivity index (χ4v) is 1.77. The van der Waals surface area contributed by atoms with E-state index in [0.717, 1.165) is 17.8 Å². The molecule has 1 rings (SSSR count). The van der Waals surface area contributed by atoms with Gasteiger partial charge < -0.3 is 10.1 Å². The maximum absolute atomic E-state index is 11.3. The largest absolute Gasteiger partial charge is 0.478 e. The zero-order chi connectivity index (χ0) is 13.4. The maximum Gasteiger partial charge on any atom is 0.337 e. The molecule has 1 aromatic heterocycles. The van der Waals surface area contributed by atoms with Crippen LogP contribution < -0.4 is 0 Å². The Morgan fingerprint density at radius 1 is 1.29 bits per heavy atom. The molecule has 96 valence electrons. The van der Waals surface area contributed by atoms with E-state index in [-0.39, 0.29) is 10.8 Å². The fourth-order valence-electron chi connectivity index (χ4n) is 1.77. The fraction of sp³-hybridized carbons (Fsp3) is 0.643. The summed E-state index contributed by atoms with van der Waals surface area (Å²) in [6, 6.07) is 1.78. The second kappa shape index (κ2) is 4.21. The van der Waals surface area contributed by atoms with Crippen LogP contribution in [0, 0.1) is 0 Å². The van der Waals surface area contributed by atoms with Crippen molar-refractivity contribution >= 4 is 5.97 Å². The van der Waals surface area contributed by atoms with Crippen molar-refractivity contribution in [1.82, 2.24) is 4.98 Å². The predicted octanol–water partition coefficient (Wildman–Crippen LogP) is 3.70. The highest BCUT2D eigenvalue weighted by molar-refractivity contribution is 5.89. The number of nitrogens with one attached hydrogen (secondary N) is 1. The second-order valence-electron chi connectivity index (χ2n) is 6.26. The number of carboxylic acid groups (broad SMARTS) is 1. The van der Waals surface area contributed by atoms with E-state index in [1.807, 2.05) is 20.8 Å². The van der Waals surface area contributed by atoms with Crippen LogP contribution in [0.4, 0.5) is 0 Å². The quantitative estimate of drug-likeness (QED) is 0.842. The second-order valence-corrected chi connectivity index (χ2v) is 6.26. The predicted molar refractivity (Wildman–Crippen MR) is 69.8 cm³/mol. The Hall–Kier alpha value is -1.25. The van der Waals surface area contributed by atoms with Gasteiger partial charge in [-0.2, -0.15) is 0 Å². The highest BCUT2D eigenvalue weighted by atomic mass is 16.4. The number of hydrogen-bond donors (Lipinski definition) is 2. The lowest BCUT2D eigenvalue weighted by atomic mass is 9.86. The zero-order valence-corrected chi connectivity index (χ0v) is 11.6. The Labute approximate surface area is 103 Å². The third-order valence-corrected chi connectivity index (χ3v) is 3.41. The number of aromatic amines is 1. The molecule has 0 radical (unpaired) electrons. The van der Waals surface area contributed by atoms with E-state index in [9.17, 15) is 9.90 Å². The van der Waals surface area contributed by atoms with Gasteiger partial charge in [-0.1, -0.05) is 41.5 Å². The first-order valence-corrected chi connectivity index (χ1v) is 6.07. The summed E-state index contributed by atoms with van der Waals surface area (Å²) in [7, 11) is 0. The number of aromatic carboxylic acids is 1. The van der Waals surface area contributed by atoms with Crippen LogP contribution in [0.15, 0.2) is 6.07 Å². The molecule has 0 bridgehead atoms. The van der Waals surface area contributed by atoms with Gasteiger partial charge >= 0.3 is 5.97 Å². The Morgan fingerprint density at radius 3 is 2.12 bits per heavy atom. The standard InChI is InChI=1S/C14H23NO2/c1-7-14(5,6)10-8-9(12(16)17)11(15-10)13(2,3)4/h8,15H,7H2,1-6H3,(H,16,17). The van der Waals surface area contributed by atoms with Crippen LogP contribution >= 0.6 is 0 Å². The zero-order valence-electron chi connectivity index (χ0n) is 11.6. The lowest BCUT2D eigenvalue weighted by molar-refractivity contribution is 0.0694. The topological polar surface area (TPSA) is 53.1 Å². The van der Waals surface area contributed by atoms with Crippen molar-refractivity contribution in [2.24, 2.45) is 0 Å². The molecule has 0 spiro atoms. The van der Waals surface area contributed by atoms with Crippen molar-refractivity contribution in [3.8, 4) is 0 Å². The summed E-state index contributed by atoms with van der Waals surface area (Å²) in [6.07, 6.45) is 0.968. The molecular weight excluding hydrogens is 214 g/mol. The first-order chi connectivity index (χ1) is 7.59. The maximum atomic E-state index is 11.3. The third-order valence-electron chi connectivity index (χ3n) is 3.41. The van der Waals surface area contributed by atoms with Gasteiger partial charge in [0.2, 0.25) is 0 Å². The van der Waals surface area contributed by atoms with Crippen LogP contribution in [0.3, 0.4) is 0 Å². The summed E-state index contributed by atoms with van der Waals surface area (Å²) in [5.74, 6) is -0.857. The number of carboxylic acids is 1. The van der Waals surface area contributed by atoms with Gasteiger partial charge in [0, 0.05) is 22.2 Å². The lowest BCUT2D eigenvalue weighted by Gasteiger charge is -2.22. The van der Waals surface area contributed by atoms with Crippen LogP contribution in [-0.2, 0) is 10.8 Å². The van der Waals surface area contributed by atoms with Gasteiger partial charge in [0.1, 0.15) is 0 Å². The molecule has 17 heavy (non-hydrogen) atoms. The van der Waals surface area contributed by atoms with Crippen LogP contribution in [0.1, 0.15) is 69.7 Å². The first-order valence-electron chi connectivity index (χ1n) is 6.07. The lowest BCUT2D eigenvalue weighted by Crippen LogP contribution is -2.18. The van der Waals surface area contributed by atoms with Gasteiger partial charge in [0.05, 0.1) is 5.56 Å². The summed E-state index contributed by atoms with van der Waals surface area (Å²) in [4.78, 5) is 14.6. The molecule has 0 saturated heterocycles. The smallest absolute Gasteiger partial charge is 0.337 e. The van der Waals surface area contributed by atoms with E-state index in [4.69, 9.17) is 0 Å². The molecular formula is C14H23NO2. The normalized spacial score (nSPS) is 12.8. The number of hydrogen-bond acceptors (Lipinski definition) is 1. The molecule has 0 aliphatic carbocycles. The first kappa shape index (κ1) is 13.8. The van der Waals surface area contributed by atoms with Gasteiger partial charge in [0.15, 0.2) is 0 Å². The minimum Gasteiger partial charge on any atom is -0.478 e. The summed E-state index contributed by atoms with van der Waals surface area (Å²) in [6.45, 7) is 12.4. The van der Waals surface area contributed by atoms with Crippen LogP contribution in [0.5, 0.6) is 0 Å². The van der Waals surface area contributed by atoms with E-state index in [1.54, 1.807) is 6.07 Å². The molecule has 2 N–H and O–H groups in total. The molecule has 0 aliphatic heterocycles. The van der Waals surface area contributed by atoms with Gasteiger partial charge in [-0.25, -0.2) is 4.79 Å². The average molecular weight is 237 g/mol. The SMILES string of the molecule is CCC(C)(C)c1cc(C(=O)O)c(C(C)(C)C)[nH]1. The van der Waals surface area contributed by atoms with Crippen molar-refractivity contribution in [3.05, 3.63) is 23.0 Å². The van der Waals surface area contributed by atoms with Crippen molar-refractivity contribution < 1.29 is 9.90 Å². The summed E-state index contributed by atoms with van der Waals surface area (Å²) in [5.41, 5.74) is 2.00. The van der Waals surface area contributed by atoms with Crippen LogP contribution in [0.25, 0.3) is 0 Å². The van der Waals surface area contributed by atoms with E-state index < -0.39 is 5.97 Å². The minimum atomic E-state index is -0.857. The van der Waals surface area contributed by atoms with Crippen LogP contribution in [0.2, 0.25) is 0 Å². The highest BCUT2D eigenvalue weighted by Crippen LogP contribution is 2.32. The minimum absolute atomic E-state index is 0.0201. The number of aromatic nitrogens is 1. The van der Waals surface area contributed by atoms with Gasteiger partial charge in [-0.3, -0.25) is 0 Å². The van der Waals surface area contributed by atoms with E-state index >= 15 is 0 Å². The Balaban J connectivity index is 3.37. The van der Waals surface area contributed by atoms with Gasteiger partial charge in [-0.15, -0.1) is 0 Å². The molecule has 1 aromatic rings. The van der Waals surface area contributed by atoms with Crippen molar-refractivity contribution in [3.63, 3.8) is 0 Å². The third kappa shape index (κ3) is 2.71. The number of H-pyrrole nitrogens is 1. The molecule has 0 unspecified atom stereocenters. The molecule has 1 heterocycles. The molecule has 0 atom stereocenters. The highest BCUT2D eigenvalue weighted by Gasteiger charge is 2.29. The summed E-state index contributed by atoms with van der Waals surface area (Å²) >= 11 is 0. The van der Waals surface area contributed by atoms with Crippen molar-refractivity contribution in [2.45, 2.75) is 58.8 Å². The molecule has 0 aromatic carbocycles. The molecule has 0 amide bonds. The summed E-state index contributed by atoms with van der Waals surface area (Å²) in [5, 5.41) is 9.26. The van der Waals surface area contributed by atoms with E-state index in [2.05, 4.69) is 25.8 Å². The molecule has 3 nitrogen and oxygen atoms in total. The van der Waals surface area contributed by atoms with Gasteiger partial charge in [-0.05, 0) is 12.5 Å². The van der Waals surface area contributed by atoms with E-state index in [0.29, 0.717) is 5.56 Å². The van der Waals surface area contributed by atoms with Crippen molar-refractivity contribution in [2.75, 3.05) is 0 Å². The Bertz CT molecular complexity index is 422. The Kier molecular flexibility index (Phi) is 3.42. The molecule has 3 heteroatoms. The molecule has 0 fully saturated rings. The average Bonchev–Trinajstić information content (AvgIpc) is 2.61. The van der Waals surface area contributed by atoms with Gasteiger partial charge in [0.25, 0.3) is 0 Å². The Morgan fingerprint density at radius 2 is 1.82 bits per heavy atom. The van der Waals surface area contributed by atoms with E-state index in [1.165, 1.54) is 0 Å². The number of rotatable bonds is 3. The summed E-state index contributed by atoms with van der Waals surface area (Å²) < 4.78 is 0. The van der Waals surface area contributed by atoms with Crippen LogP contribution in [-0.4, -0.2) is 16.1 Å². The number of carbonyl (C=O) groups is 1. The monoisotopic (exact) mass is 237 g/mol. The van der Waals surface area contributed by atoms with Crippen molar-refractivity contribution in [1.29, 1.82) is 0 Å². The molecule has 0 saturated carbocycles. The molecule has 0 aliphatic rings.